The molecule has 0 amide bonds. The standard InChI is InChI=1S/C13H6F3NOS2/c14-13(15,16)8-2-1-7-3-11(20-10(7)4-8)12-17-9(5-18)6-19-12/h1-6H. The van der Waals surface area contributed by atoms with E-state index in [9.17, 15) is 18.0 Å². The van der Waals surface area contributed by atoms with E-state index in [4.69, 9.17) is 0 Å². The smallest absolute Gasteiger partial charge is 0.296 e. The van der Waals surface area contributed by atoms with Gasteiger partial charge in [-0.3, -0.25) is 4.79 Å². The highest BCUT2D eigenvalue weighted by Crippen LogP contribution is 2.38. The molecule has 2 heterocycles. The van der Waals surface area contributed by atoms with Gasteiger partial charge in [-0.05, 0) is 23.6 Å². The van der Waals surface area contributed by atoms with Crippen molar-refractivity contribution in [2.24, 2.45) is 0 Å². The maximum Gasteiger partial charge on any atom is 0.416 e. The first kappa shape index (κ1) is 13.3. The predicted octanol–water partition coefficient (Wildman–Crippen LogP) is 4.86. The van der Waals surface area contributed by atoms with Crippen molar-refractivity contribution in [2.75, 3.05) is 0 Å². The van der Waals surface area contributed by atoms with E-state index >= 15 is 0 Å². The number of carbonyl (C=O) groups excluding carboxylic acids is 1. The number of alkyl halides is 3. The number of thiazole rings is 1. The van der Waals surface area contributed by atoms with Crippen molar-refractivity contribution in [1.82, 2.24) is 4.98 Å². The second-order valence-electron chi connectivity index (χ2n) is 4.06. The molecule has 7 heteroatoms. The zero-order valence-corrected chi connectivity index (χ0v) is 11.4. The Balaban J connectivity index is 2.08. The molecule has 0 fully saturated rings. The third-order valence-electron chi connectivity index (χ3n) is 2.70. The summed E-state index contributed by atoms with van der Waals surface area (Å²) in [7, 11) is 0. The fourth-order valence-corrected chi connectivity index (χ4v) is 3.70. The summed E-state index contributed by atoms with van der Waals surface area (Å²) in [6, 6.07) is 5.44. The van der Waals surface area contributed by atoms with Crippen LogP contribution in [0.3, 0.4) is 0 Å². The van der Waals surface area contributed by atoms with Crippen LogP contribution in [-0.2, 0) is 6.18 Å². The number of thiophene rings is 1. The minimum atomic E-state index is -4.34. The van der Waals surface area contributed by atoms with Gasteiger partial charge in [0.2, 0.25) is 0 Å². The molecule has 1 aromatic carbocycles. The third kappa shape index (κ3) is 2.34. The van der Waals surface area contributed by atoms with Gasteiger partial charge in [0.1, 0.15) is 10.7 Å². The van der Waals surface area contributed by atoms with Crippen LogP contribution in [0.4, 0.5) is 13.2 Å². The Labute approximate surface area is 119 Å². The van der Waals surface area contributed by atoms with Crippen molar-refractivity contribution in [1.29, 1.82) is 0 Å². The fourth-order valence-electron chi connectivity index (χ4n) is 1.77. The first-order valence-electron chi connectivity index (χ1n) is 5.49. The van der Waals surface area contributed by atoms with Gasteiger partial charge in [0.25, 0.3) is 0 Å². The van der Waals surface area contributed by atoms with Crippen LogP contribution >= 0.6 is 22.7 Å². The Morgan fingerprint density at radius 3 is 2.65 bits per heavy atom. The minimum absolute atomic E-state index is 0.332. The number of rotatable bonds is 2. The van der Waals surface area contributed by atoms with Crippen LogP contribution in [0, 0.1) is 0 Å². The van der Waals surface area contributed by atoms with E-state index in [0.717, 1.165) is 22.4 Å². The molecule has 0 bridgehead atoms. The number of aromatic nitrogens is 1. The van der Waals surface area contributed by atoms with Crippen molar-refractivity contribution in [3.63, 3.8) is 0 Å². The molecule has 0 radical (unpaired) electrons. The molecular formula is C13H6F3NOS2. The summed E-state index contributed by atoms with van der Waals surface area (Å²) in [5.41, 5.74) is -0.329. The number of carbonyl (C=O) groups is 1. The van der Waals surface area contributed by atoms with Gasteiger partial charge in [0.15, 0.2) is 6.29 Å². The molecule has 0 unspecified atom stereocenters. The van der Waals surface area contributed by atoms with Crippen molar-refractivity contribution in [3.8, 4) is 9.88 Å². The predicted molar refractivity (Wildman–Crippen MR) is 73.3 cm³/mol. The Morgan fingerprint density at radius 2 is 2.00 bits per heavy atom. The van der Waals surface area contributed by atoms with Crippen LogP contribution < -0.4 is 0 Å². The number of nitrogens with zero attached hydrogens (tertiary/aromatic N) is 1. The highest BCUT2D eigenvalue weighted by Gasteiger charge is 2.30. The van der Waals surface area contributed by atoms with Gasteiger partial charge >= 0.3 is 6.18 Å². The first-order valence-corrected chi connectivity index (χ1v) is 7.19. The van der Waals surface area contributed by atoms with Crippen molar-refractivity contribution < 1.29 is 18.0 Å². The number of aldehydes is 1. The lowest BCUT2D eigenvalue weighted by molar-refractivity contribution is -0.137. The van der Waals surface area contributed by atoms with Crippen LogP contribution in [0.1, 0.15) is 16.1 Å². The summed E-state index contributed by atoms with van der Waals surface area (Å²) in [6.45, 7) is 0. The molecular weight excluding hydrogens is 307 g/mol. The lowest BCUT2D eigenvalue weighted by Crippen LogP contribution is -2.03. The quantitative estimate of drug-likeness (QED) is 0.633. The van der Waals surface area contributed by atoms with Gasteiger partial charge < -0.3 is 0 Å². The van der Waals surface area contributed by atoms with E-state index in [-0.39, 0.29) is 0 Å². The zero-order chi connectivity index (χ0) is 14.3. The molecule has 0 atom stereocenters. The van der Waals surface area contributed by atoms with E-state index in [2.05, 4.69) is 4.98 Å². The third-order valence-corrected chi connectivity index (χ3v) is 4.83. The number of hydrogen-bond acceptors (Lipinski definition) is 4. The van der Waals surface area contributed by atoms with Gasteiger partial charge in [-0.15, -0.1) is 22.7 Å². The maximum absolute atomic E-state index is 12.7. The zero-order valence-electron chi connectivity index (χ0n) is 9.77. The molecule has 3 rings (SSSR count). The molecule has 0 aliphatic rings. The minimum Gasteiger partial charge on any atom is -0.296 e. The summed E-state index contributed by atoms with van der Waals surface area (Å²) in [5, 5.41) is 3.00. The van der Waals surface area contributed by atoms with E-state index in [1.165, 1.54) is 28.7 Å². The molecule has 3 aromatic rings. The van der Waals surface area contributed by atoms with E-state index < -0.39 is 11.7 Å². The number of fused-ring (bicyclic) bond motifs is 1. The van der Waals surface area contributed by atoms with Crippen LogP contribution in [-0.4, -0.2) is 11.3 Å². The number of halogens is 3. The topological polar surface area (TPSA) is 30.0 Å². The van der Waals surface area contributed by atoms with Gasteiger partial charge in [-0.25, -0.2) is 4.98 Å². The second-order valence-corrected chi connectivity index (χ2v) is 6.00. The second kappa shape index (κ2) is 4.68. The Bertz CT molecular complexity index is 788. The largest absolute Gasteiger partial charge is 0.416 e. The van der Waals surface area contributed by atoms with Gasteiger partial charge in [0.05, 0.1) is 10.4 Å². The highest BCUT2D eigenvalue weighted by atomic mass is 32.1. The molecule has 0 aliphatic carbocycles. The van der Waals surface area contributed by atoms with Crippen LogP contribution in [0.15, 0.2) is 29.6 Å². The van der Waals surface area contributed by atoms with Crippen LogP contribution in [0.2, 0.25) is 0 Å². The summed E-state index contributed by atoms with van der Waals surface area (Å²) >= 11 is 2.53. The molecule has 0 N–H and O–H groups in total. The molecule has 0 saturated carbocycles. The summed E-state index contributed by atoms with van der Waals surface area (Å²) < 4.78 is 38.5. The summed E-state index contributed by atoms with van der Waals surface area (Å²) in [6.07, 6.45) is -3.70. The Kier molecular flexibility index (Phi) is 3.10. The number of hydrogen-bond donors (Lipinski definition) is 0. The molecule has 0 spiro atoms. The first-order chi connectivity index (χ1) is 9.47. The molecule has 2 nitrogen and oxygen atoms in total. The van der Waals surface area contributed by atoms with Crippen molar-refractivity contribution >= 4 is 39.0 Å². The number of benzene rings is 1. The highest BCUT2D eigenvalue weighted by molar-refractivity contribution is 7.25. The Hall–Kier alpha value is -1.73. The van der Waals surface area contributed by atoms with E-state index in [1.54, 1.807) is 11.4 Å². The van der Waals surface area contributed by atoms with Crippen LogP contribution in [0.25, 0.3) is 20.0 Å². The van der Waals surface area contributed by atoms with Crippen molar-refractivity contribution in [2.45, 2.75) is 6.18 Å². The molecule has 0 saturated heterocycles. The Morgan fingerprint density at radius 1 is 1.20 bits per heavy atom. The average molecular weight is 313 g/mol. The monoisotopic (exact) mass is 313 g/mol. The van der Waals surface area contributed by atoms with E-state index in [1.807, 2.05) is 0 Å². The van der Waals surface area contributed by atoms with Crippen LogP contribution in [0.5, 0.6) is 0 Å². The average Bonchev–Trinajstić information content (AvgIpc) is 3.02. The normalized spacial score (nSPS) is 11.9. The molecule has 102 valence electrons. The lowest BCUT2D eigenvalue weighted by atomic mass is 10.1. The molecule has 0 aliphatic heterocycles. The van der Waals surface area contributed by atoms with Crippen molar-refractivity contribution in [3.05, 3.63) is 40.9 Å². The maximum atomic E-state index is 12.7. The molecule has 2 aromatic heterocycles. The summed E-state index contributed by atoms with van der Waals surface area (Å²) in [4.78, 5) is 15.5. The van der Waals surface area contributed by atoms with Gasteiger partial charge in [-0.1, -0.05) is 6.07 Å². The lowest BCUT2D eigenvalue weighted by Gasteiger charge is -2.05. The van der Waals surface area contributed by atoms with Gasteiger partial charge in [-0.2, -0.15) is 13.2 Å². The SMILES string of the molecule is O=Cc1csc(-c2cc3ccc(C(F)(F)F)cc3s2)n1. The fraction of sp³-hybridized carbons (Fsp3) is 0.0769. The summed E-state index contributed by atoms with van der Waals surface area (Å²) in [5.74, 6) is 0. The van der Waals surface area contributed by atoms with E-state index in [0.29, 0.717) is 21.7 Å². The molecule has 20 heavy (non-hydrogen) atoms. The van der Waals surface area contributed by atoms with Gasteiger partial charge in [0, 0.05) is 10.1 Å².